The Bertz CT molecular complexity index is 453. The summed E-state index contributed by atoms with van der Waals surface area (Å²) in [5, 5.41) is 0. The Kier molecular flexibility index (Phi) is 3.18. The van der Waals surface area contributed by atoms with Crippen LogP contribution in [0.4, 0.5) is 0 Å². The molecule has 0 spiro atoms. The molecule has 132 valence electrons. The molecule has 8 aliphatic carbocycles. The van der Waals surface area contributed by atoms with Crippen molar-refractivity contribution in [1.29, 1.82) is 0 Å². The molecule has 0 aromatic rings. The van der Waals surface area contributed by atoms with Crippen molar-refractivity contribution >= 4 is 8.25 Å². The van der Waals surface area contributed by atoms with Crippen LogP contribution in [0.25, 0.3) is 0 Å². The maximum atomic E-state index is 12.9. The van der Waals surface area contributed by atoms with Crippen molar-refractivity contribution in [1.82, 2.24) is 0 Å². The highest BCUT2D eigenvalue weighted by molar-refractivity contribution is 7.33. The lowest BCUT2D eigenvalue weighted by molar-refractivity contribution is -0.135. The van der Waals surface area contributed by atoms with Crippen LogP contribution in [0.5, 0.6) is 0 Å². The summed E-state index contributed by atoms with van der Waals surface area (Å²) in [5.74, 6) is 5.00. The highest BCUT2D eigenvalue weighted by Gasteiger charge is 2.60. The lowest BCUT2D eigenvalue weighted by Crippen LogP contribution is -2.52. The molecule has 0 radical (unpaired) electrons. The third-order valence-corrected chi connectivity index (χ3v) is 9.57. The van der Waals surface area contributed by atoms with Gasteiger partial charge < -0.3 is 0 Å². The molecule has 4 heteroatoms. The molecule has 0 heterocycles. The van der Waals surface area contributed by atoms with Crippen molar-refractivity contribution < 1.29 is 13.6 Å². The lowest BCUT2D eigenvalue weighted by Gasteiger charge is -2.54. The van der Waals surface area contributed by atoms with Crippen molar-refractivity contribution in [2.75, 3.05) is 0 Å². The second kappa shape index (κ2) is 5.05. The molecule has 8 bridgehead atoms. The quantitative estimate of drug-likeness (QED) is 0.618. The van der Waals surface area contributed by atoms with Crippen LogP contribution in [-0.2, 0) is 13.6 Å². The molecule has 0 amide bonds. The Labute approximate surface area is 146 Å². The third kappa shape index (κ3) is 2.37. The average molecular weight is 349 g/mol. The van der Waals surface area contributed by atoms with E-state index in [9.17, 15) is 4.57 Å². The fourth-order valence-corrected chi connectivity index (χ4v) is 9.74. The van der Waals surface area contributed by atoms with E-state index in [-0.39, 0.29) is 11.2 Å². The second-order valence-electron chi connectivity index (χ2n) is 10.6. The van der Waals surface area contributed by atoms with Crippen LogP contribution in [0.1, 0.15) is 77.0 Å². The van der Waals surface area contributed by atoms with Gasteiger partial charge in [-0.1, -0.05) is 0 Å². The first-order valence-corrected chi connectivity index (χ1v) is 11.5. The highest BCUT2D eigenvalue weighted by Crippen LogP contribution is 2.62. The Balaban J connectivity index is 1.17. The number of hydrogen-bond acceptors (Lipinski definition) is 3. The molecule has 0 aromatic heterocycles. The first kappa shape index (κ1) is 15.1. The minimum Gasteiger partial charge on any atom is -0.112 e. The van der Waals surface area contributed by atoms with Gasteiger partial charge in [-0.25, -0.2) is 0 Å². The van der Waals surface area contributed by atoms with Gasteiger partial charge in [0, 0.05) is 4.57 Å². The summed E-state index contributed by atoms with van der Waals surface area (Å²) in [6, 6.07) is 0. The first-order chi connectivity index (χ1) is 11.6. The smallest absolute Gasteiger partial charge is 0.112 e. The molecule has 0 atom stereocenters. The molecule has 0 saturated heterocycles. The summed E-state index contributed by atoms with van der Waals surface area (Å²) in [6.07, 6.45) is 15.2. The van der Waals surface area contributed by atoms with Gasteiger partial charge in [0.1, 0.15) is 11.2 Å². The van der Waals surface area contributed by atoms with Gasteiger partial charge in [-0.3, -0.25) is 0 Å². The zero-order chi connectivity index (χ0) is 15.9. The first-order valence-electron chi connectivity index (χ1n) is 10.4. The maximum absolute atomic E-state index is 12.9. The Morgan fingerprint density at radius 1 is 0.542 bits per heavy atom. The summed E-state index contributed by atoms with van der Waals surface area (Å²) in [6.45, 7) is 0. The molecular formula is C20H30O3P+. The van der Waals surface area contributed by atoms with Crippen molar-refractivity contribution in [3.05, 3.63) is 0 Å². The molecule has 0 N–H and O–H groups in total. The van der Waals surface area contributed by atoms with Gasteiger partial charge in [-0.2, -0.15) is 0 Å². The van der Waals surface area contributed by atoms with Crippen molar-refractivity contribution in [2.24, 2.45) is 35.5 Å². The molecular weight excluding hydrogens is 319 g/mol. The summed E-state index contributed by atoms with van der Waals surface area (Å²) in [4.78, 5) is 0. The van der Waals surface area contributed by atoms with Crippen LogP contribution in [0, 0.1) is 35.5 Å². The van der Waals surface area contributed by atoms with Crippen LogP contribution < -0.4 is 0 Å². The maximum Gasteiger partial charge on any atom is 0.698 e. The lowest BCUT2D eigenvalue weighted by atomic mass is 9.54. The molecule has 8 rings (SSSR count). The molecule has 0 aliphatic heterocycles. The molecule has 8 aliphatic rings. The number of hydrogen-bond donors (Lipinski definition) is 0. The van der Waals surface area contributed by atoms with Gasteiger partial charge >= 0.3 is 8.25 Å². The van der Waals surface area contributed by atoms with Gasteiger partial charge in [0.2, 0.25) is 0 Å². The van der Waals surface area contributed by atoms with Crippen LogP contribution >= 0.6 is 8.25 Å². The SMILES string of the molecule is O=[P+](OC12CC3CC(CC(C3)C1)C2)OC12CC3CC(CC(C3)C1)C2. The van der Waals surface area contributed by atoms with E-state index in [2.05, 4.69) is 0 Å². The Morgan fingerprint density at radius 2 is 0.792 bits per heavy atom. The molecule has 24 heavy (non-hydrogen) atoms. The van der Waals surface area contributed by atoms with Gasteiger partial charge in [0.15, 0.2) is 0 Å². The molecule has 8 saturated carbocycles. The van der Waals surface area contributed by atoms with E-state index in [0.29, 0.717) is 0 Å². The van der Waals surface area contributed by atoms with Crippen LogP contribution in [0.15, 0.2) is 0 Å². The van der Waals surface area contributed by atoms with Crippen molar-refractivity contribution in [3.63, 3.8) is 0 Å². The third-order valence-electron chi connectivity index (χ3n) is 8.50. The fraction of sp³-hybridized carbons (Fsp3) is 1.00. The van der Waals surface area contributed by atoms with E-state index in [1.165, 1.54) is 38.5 Å². The summed E-state index contributed by atoms with van der Waals surface area (Å²) < 4.78 is 25.5. The van der Waals surface area contributed by atoms with Crippen LogP contribution in [0.3, 0.4) is 0 Å². The Morgan fingerprint density at radius 3 is 1.04 bits per heavy atom. The van der Waals surface area contributed by atoms with E-state index < -0.39 is 8.25 Å². The van der Waals surface area contributed by atoms with Gasteiger partial charge in [0.25, 0.3) is 0 Å². The van der Waals surface area contributed by atoms with Crippen molar-refractivity contribution in [3.8, 4) is 0 Å². The van der Waals surface area contributed by atoms with E-state index in [0.717, 1.165) is 74.0 Å². The summed E-state index contributed by atoms with van der Waals surface area (Å²) in [5.41, 5.74) is -0.186. The molecule has 0 aromatic carbocycles. The molecule has 3 nitrogen and oxygen atoms in total. The highest BCUT2D eigenvalue weighted by atomic mass is 31.1. The van der Waals surface area contributed by atoms with E-state index in [1.54, 1.807) is 0 Å². The Hall–Kier alpha value is 0.0200. The van der Waals surface area contributed by atoms with E-state index >= 15 is 0 Å². The minimum atomic E-state index is -1.95. The predicted octanol–water partition coefficient (Wildman–Crippen LogP) is 5.61. The fourth-order valence-electron chi connectivity index (χ4n) is 8.62. The average Bonchev–Trinajstić information content (AvgIpc) is 2.42. The normalized spacial score (nSPS) is 57.6. The van der Waals surface area contributed by atoms with E-state index in [4.69, 9.17) is 9.05 Å². The topological polar surface area (TPSA) is 35.5 Å². The van der Waals surface area contributed by atoms with Gasteiger partial charge in [-0.15, -0.1) is 9.05 Å². The zero-order valence-electron chi connectivity index (χ0n) is 14.6. The van der Waals surface area contributed by atoms with Crippen LogP contribution in [0.2, 0.25) is 0 Å². The largest absolute Gasteiger partial charge is 0.698 e. The summed E-state index contributed by atoms with van der Waals surface area (Å²) in [7, 11) is -1.95. The van der Waals surface area contributed by atoms with E-state index in [1.807, 2.05) is 0 Å². The molecule has 8 fully saturated rings. The molecule has 0 unspecified atom stereocenters. The predicted molar refractivity (Wildman–Crippen MR) is 91.6 cm³/mol. The minimum absolute atomic E-state index is 0.0928. The van der Waals surface area contributed by atoms with Gasteiger partial charge in [0.05, 0.1) is 0 Å². The second-order valence-corrected chi connectivity index (χ2v) is 11.4. The van der Waals surface area contributed by atoms with Gasteiger partial charge in [-0.05, 0) is 113 Å². The monoisotopic (exact) mass is 349 g/mol. The number of rotatable bonds is 4. The summed E-state index contributed by atoms with van der Waals surface area (Å²) >= 11 is 0. The van der Waals surface area contributed by atoms with Crippen molar-refractivity contribution in [2.45, 2.75) is 88.3 Å². The zero-order valence-corrected chi connectivity index (χ0v) is 15.5. The van der Waals surface area contributed by atoms with Crippen LogP contribution in [-0.4, -0.2) is 11.2 Å². The standard InChI is InChI=1S/C20H30O3P/c21-24(22-19-7-13-1-14(8-19)3-15(2-13)9-19)23-20-10-16-4-17(11-20)6-18(5-16)12-20/h13-18H,1-12H2/q+1.